The fourth-order valence-corrected chi connectivity index (χ4v) is 3.35. The zero-order chi connectivity index (χ0) is 12.5. The summed E-state index contributed by atoms with van der Waals surface area (Å²) in [7, 11) is 0. The van der Waals surface area contributed by atoms with Crippen LogP contribution in [0.3, 0.4) is 0 Å². The molecule has 1 saturated carbocycles. The minimum atomic E-state index is -0.00417. The Morgan fingerprint density at radius 2 is 2.00 bits per heavy atom. The third kappa shape index (κ3) is 3.11. The first-order chi connectivity index (χ1) is 8.00. The molecule has 94 valence electrons. The molecule has 0 saturated heterocycles. The molecule has 3 unspecified atom stereocenters. The van der Waals surface area contributed by atoms with Crippen molar-refractivity contribution >= 4 is 15.9 Å². The van der Waals surface area contributed by atoms with Gasteiger partial charge in [0, 0.05) is 10.0 Å². The number of hydrogen-bond acceptors (Lipinski definition) is 1. The summed E-state index contributed by atoms with van der Waals surface area (Å²) >= 11 is 3.62. The molecule has 0 heterocycles. The van der Waals surface area contributed by atoms with Gasteiger partial charge in [0.2, 0.25) is 0 Å². The van der Waals surface area contributed by atoms with Gasteiger partial charge >= 0.3 is 0 Å². The molecule has 1 fully saturated rings. The van der Waals surface area contributed by atoms with E-state index in [-0.39, 0.29) is 5.54 Å². The lowest BCUT2D eigenvalue weighted by atomic mass is 9.69. The largest absolute Gasteiger partial charge is 0.325 e. The van der Waals surface area contributed by atoms with Gasteiger partial charge in [-0.2, -0.15) is 0 Å². The van der Waals surface area contributed by atoms with E-state index >= 15 is 0 Å². The minimum Gasteiger partial charge on any atom is -0.325 e. The molecule has 0 aliphatic heterocycles. The van der Waals surface area contributed by atoms with E-state index in [2.05, 4.69) is 54.0 Å². The third-order valence-corrected chi connectivity index (χ3v) is 5.07. The quantitative estimate of drug-likeness (QED) is 0.872. The van der Waals surface area contributed by atoms with E-state index in [1.54, 1.807) is 0 Å². The van der Waals surface area contributed by atoms with Gasteiger partial charge in [-0.1, -0.05) is 48.0 Å². The van der Waals surface area contributed by atoms with Gasteiger partial charge in [-0.05, 0) is 49.1 Å². The van der Waals surface area contributed by atoms with Crippen LogP contribution < -0.4 is 5.73 Å². The summed E-state index contributed by atoms with van der Waals surface area (Å²) in [5.74, 6) is 1.57. The lowest BCUT2D eigenvalue weighted by Crippen LogP contribution is -2.47. The maximum Gasteiger partial charge on any atom is 0.0207 e. The van der Waals surface area contributed by atoms with Crippen molar-refractivity contribution in [2.45, 2.75) is 45.1 Å². The Hall–Kier alpha value is -0.340. The number of halogens is 1. The van der Waals surface area contributed by atoms with Crippen LogP contribution in [-0.2, 0) is 6.42 Å². The van der Waals surface area contributed by atoms with Crippen molar-refractivity contribution in [2.75, 3.05) is 0 Å². The molecule has 0 amide bonds. The van der Waals surface area contributed by atoms with Crippen LogP contribution >= 0.6 is 15.9 Å². The van der Waals surface area contributed by atoms with Crippen molar-refractivity contribution in [1.29, 1.82) is 0 Å². The van der Waals surface area contributed by atoms with Gasteiger partial charge in [0.25, 0.3) is 0 Å². The van der Waals surface area contributed by atoms with Gasteiger partial charge in [0.05, 0.1) is 0 Å². The van der Waals surface area contributed by atoms with E-state index in [0.717, 1.165) is 31.1 Å². The van der Waals surface area contributed by atoms with Crippen molar-refractivity contribution < 1.29 is 0 Å². The maximum atomic E-state index is 6.59. The molecule has 17 heavy (non-hydrogen) atoms. The lowest BCUT2D eigenvalue weighted by molar-refractivity contribution is 0.175. The predicted octanol–water partition coefficient (Wildman–Crippen LogP) is 4.15. The van der Waals surface area contributed by atoms with Gasteiger partial charge in [-0.25, -0.2) is 0 Å². The summed E-state index contributed by atoms with van der Waals surface area (Å²) in [5, 5.41) is 0. The van der Waals surface area contributed by atoms with E-state index in [9.17, 15) is 0 Å². The van der Waals surface area contributed by atoms with Crippen LogP contribution in [-0.4, -0.2) is 5.54 Å². The Labute approximate surface area is 113 Å². The fourth-order valence-electron chi connectivity index (χ4n) is 2.93. The molecule has 2 heteroatoms. The lowest BCUT2D eigenvalue weighted by Gasteiger charge is -2.40. The smallest absolute Gasteiger partial charge is 0.0207 e. The van der Waals surface area contributed by atoms with Crippen molar-refractivity contribution in [3.05, 3.63) is 34.3 Å². The van der Waals surface area contributed by atoms with E-state index in [4.69, 9.17) is 5.73 Å². The summed E-state index contributed by atoms with van der Waals surface area (Å²) in [5.41, 5.74) is 7.93. The van der Waals surface area contributed by atoms with Crippen LogP contribution in [0.1, 0.15) is 38.7 Å². The van der Waals surface area contributed by atoms with E-state index in [1.807, 2.05) is 0 Å². The Bertz CT molecular complexity index is 390. The number of nitrogens with two attached hydrogens (primary N) is 1. The molecule has 1 aliphatic carbocycles. The maximum absolute atomic E-state index is 6.59. The first kappa shape index (κ1) is 13.1. The second-order valence-corrected chi connectivity index (χ2v) is 6.68. The second kappa shape index (κ2) is 5.11. The minimum absolute atomic E-state index is 0.00417. The monoisotopic (exact) mass is 295 g/mol. The molecule has 1 aromatic rings. The van der Waals surface area contributed by atoms with Crippen LogP contribution in [0.15, 0.2) is 28.7 Å². The molecule has 0 radical (unpaired) electrons. The van der Waals surface area contributed by atoms with E-state index in [1.165, 1.54) is 16.5 Å². The average Bonchev–Trinajstić information content (AvgIpc) is 2.28. The highest BCUT2D eigenvalue weighted by molar-refractivity contribution is 9.10. The molecule has 3 atom stereocenters. The number of hydrogen-bond donors (Lipinski definition) is 1. The van der Waals surface area contributed by atoms with Crippen LogP contribution in [0, 0.1) is 11.8 Å². The molecular weight excluding hydrogens is 274 g/mol. The van der Waals surface area contributed by atoms with Crippen molar-refractivity contribution in [3.8, 4) is 0 Å². The van der Waals surface area contributed by atoms with Crippen molar-refractivity contribution in [3.63, 3.8) is 0 Å². The molecule has 0 spiro atoms. The average molecular weight is 296 g/mol. The van der Waals surface area contributed by atoms with Gasteiger partial charge < -0.3 is 5.73 Å². The molecule has 0 aromatic heterocycles. The zero-order valence-corrected chi connectivity index (χ0v) is 12.3. The van der Waals surface area contributed by atoms with E-state index < -0.39 is 0 Å². The Kier molecular flexibility index (Phi) is 3.94. The van der Waals surface area contributed by atoms with Gasteiger partial charge in [-0.15, -0.1) is 0 Å². The highest BCUT2D eigenvalue weighted by Crippen LogP contribution is 2.37. The summed E-state index contributed by atoms with van der Waals surface area (Å²) < 4.78 is 1.19. The molecular formula is C15H22BrN. The molecule has 1 aromatic carbocycles. The van der Waals surface area contributed by atoms with Crippen LogP contribution in [0.5, 0.6) is 0 Å². The Morgan fingerprint density at radius 1 is 1.29 bits per heavy atom. The summed E-state index contributed by atoms with van der Waals surface area (Å²) in [6, 6.07) is 8.44. The van der Waals surface area contributed by atoms with Crippen LogP contribution in [0.25, 0.3) is 0 Å². The predicted molar refractivity (Wildman–Crippen MR) is 76.9 cm³/mol. The molecule has 1 nitrogen and oxygen atoms in total. The number of rotatable bonds is 2. The third-order valence-electron chi connectivity index (χ3n) is 4.30. The molecule has 0 bridgehead atoms. The normalized spacial score (nSPS) is 33.6. The topological polar surface area (TPSA) is 26.0 Å². The Balaban J connectivity index is 2.10. The molecule has 2 rings (SSSR count). The molecule has 2 N–H and O–H groups in total. The SMILES string of the molecule is CC1CCC(N)(Cc2ccccc2Br)CC1C. The van der Waals surface area contributed by atoms with Gasteiger partial charge in [0.15, 0.2) is 0 Å². The first-order valence-corrected chi connectivity index (χ1v) is 7.32. The second-order valence-electron chi connectivity index (χ2n) is 5.83. The summed E-state index contributed by atoms with van der Waals surface area (Å²) in [6.45, 7) is 4.69. The highest BCUT2D eigenvalue weighted by Gasteiger charge is 2.34. The highest BCUT2D eigenvalue weighted by atomic mass is 79.9. The first-order valence-electron chi connectivity index (χ1n) is 6.52. The van der Waals surface area contributed by atoms with Crippen molar-refractivity contribution in [2.24, 2.45) is 17.6 Å². The standard InChI is InChI=1S/C15H22BrN/c1-11-7-8-15(17,9-12(11)2)10-13-5-3-4-6-14(13)16/h3-6,11-12H,7-10,17H2,1-2H3. The van der Waals surface area contributed by atoms with Crippen molar-refractivity contribution in [1.82, 2.24) is 0 Å². The summed E-state index contributed by atoms with van der Waals surface area (Å²) in [4.78, 5) is 0. The fraction of sp³-hybridized carbons (Fsp3) is 0.600. The molecule has 1 aliphatic rings. The Morgan fingerprint density at radius 3 is 2.65 bits per heavy atom. The summed E-state index contributed by atoms with van der Waals surface area (Å²) in [6.07, 6.45) is 4.56. The van der Waals surface area contributed by atoms with Gasteiger partial charge in [-0.3, -0.25) is 0 Å². The van der Waals surface area contributed by atoms with E-state index in [0.29, 0.717) is 0 Å². The number of benzene rings is 1. The zero-order valence-electron chi connectivity index (χ0n) is 10.7. The van der Waals surface area contributed by atoms with Gasteiger partial charge in [0.1, 0.15) is 0 Å². The van der Waals surface area contributed by atoms with Crippen LogP contribution in [0.4, 0.5) is 0 Å². The van der Waals surface area contributed by atoms with Crippen LogP contribution in [0.2, 0.25) is 0 Å².